The van der Waals surface area contributed by atoms with Gasteiger partial charge in [0.05, 0.1) is 10.3 Å². The zero-order valence-corrected chi connectivity index (χ0v) is 16.2. The van der Waals surface area contributed by atoms with Crippen molar-refractivity contribution < 1.29 is 0 Å². The Labute approximate surface area is 157 Å². The monoisotopic (exact) mass is 378 g/mol. The lowest BCUT2D eigenvalue weighted by atomic mass is 10.0. The maximum Gasteiger partial charge on any atom is 0.140 e. The van der Waals surface area contributed by atoms with E-state index in [-0.39, 0.29) is 0 Å². The molecule has 23 heavy (non-hydrogen) atoms. The Morgan fingerprint density at radius 2 is 2.17 bits per heavy atom. The lowest BCUT2D eigenvalue weighted by Crippen LogP contribution is -2.25. The number of allylic oxidation sites excluding steroid dienone is 1. The van der Waals surface area contributed by atoms with E-state index < -0.39 is 4.75 Å². The highest BCUT2D eigenvalue weighted by Gasteiger charge is 2.29. The van der Waals surface area contributed by atoms with Gasteiger partial charge in [-0.15, -0.1) is 0 Å². The minimum Gasteiger partial charge on any atom is -0.331 e. The van der Waals surface area contributed by atoms with Crippen LogP contribution < -0.4 is 0 Å². The molecule has 0 radical (unpaired) electrons. The van der Waals surface area contributed by atoms with Crippen LogP contribution in [-0.2, 0) is 0 Å². The van der Waals surface area contributed by atoms with Gasteiger partial charge in [0.25, 0.3) is 0 Å². The minimum absolute atomic E-state index is 0.565. The fourth-order valence-electron chi connectivity index (χ4n) is 2.17. The van der Waals surface area contributed by atoms with E-state index >= 15 is 0 Å². The molecule has 2 rings (SSSR count). The van der Waals surface area contributed by atoms with Crippen LogP contribution in [0.2, 0.25) is 0 Å². The first-order chi connectivity index (χ1) is 10.9. The number of nitriles is 1. The van der Waals surface area contributed by atoms with Crippen molar-refractivity contribution >= 4 is 56.5 Å². The van der Waals surface area contributed by atoms with Gasteiger partial charge in [0.2, 0.25) is 0 Å². The smallest absolute Gasteiger partial charge is 0.140 e. The molecule has 0 aliphatic carbocycles. The van der Waals surface area contributed by atoms with Crippen molar-refractivity contribution in [1.29, 1.82) is 5.26 Å². The standard InChI is InChI=1S/C17H18N2S4/c1-13(19-10-11-22-16(19)21)8-9-17(2,12-18)23-15(20)14-6-4-3-5-7-14/h3-7H,1,8-11H2,2H3. The van der Waals surface area contributed by atoms with E-state index in [2.05, 4.69) is 17.5 Å². The largest absolute Gasteiger partial charge is 0.331 e. The fraction of sp³-hybridized carbons (Fsp3) is 0.353. The van der Waals surface area contributed by atoms with E-state index in [0.29, 0.717) is 6.42 Å². The van der Waals surface area contributed by atoms with Crippen LogP contribution in [0, 0.1) is 11.3 Å². The summed E-state index contributed by atoms with van der Waals surface area (Å²) in [5, 5.41) is 9.61. The Kier molecular flexibility index (Phi) is 6.66. The molecule has 0 bridgehead atoms. The third-order valence-corrected chi connectivity index (χ3v) is 6.68. The van der Waals surface area contributed by atoms with Crippen molar-refractivity contribution in [3.63, 3.8) is 0 Å². The molecule has 120 valence electrons. The predicted octanol–water partition coefficient (Wildman–Crippen LogP) is 5.01. The average Bonchev–Trinajstić information content (AvgIpc) is 2.99. The van der Waals surface area contributed by atoms with Crippen LogP contribution in [0.5, 0.6) is 0 Å². The summed E-state index contributed by atoms with van der Waals surface area (Å²) in [7, 11) is 0. The summed E-state index contributed by atoms with van der Waals surface area (Å²) in [4.78, 5) is 2.08. The van der Waals surface area contributed by atoms with Crippen molar-refractivity contribution in [2.24, 2.45) is 0 Å². The number of thioether (sulfide) groups is 2. The van der Waals surface area contributed by atoms with Gasteiger partial charge < -0.3 is 4.90 Å². The molecular formula is C17H18N2S4. The van der Waals surface area contributed by atoms with Crippen LogP contribution in [0.1, 0.15) is 25.3 Å². The van der Waals surface area contributed by atoms with Crippen LogP contribution in [-0.4, -0.2) is 30.5 Å². The summed E-state index contributed by atoms with van der Waals surface area (Å²) in [5.41, 5.74) is 1.98. The van der Waals surface area contributed by atoms with Gasteiger partial charge in [0.1, 0.15) is 9.07 Å². The Hall–Kier alpha value is -0.870. The third-order valence-electron chi connectivity index (χ3n) is 3.60. The summed E-state index contributed by atoms with van der Waals surface area (Å²) in [6.45, 7) is 6.99. The molecule has 1 aromatic carbocycles. The van der Waals surface area contributed by atoms with Crippen LogP contribution in [0.3, 0.4) is 0 Å². The molecule has 0 aromatic heterocycles. The SMILES string of the molecule is C=C(CCC(C)(C#N)SC(=S)c1ccccc1)N1CCSC1=S. The lowest BCUT2D eigenvalue weighted by molar-refractivity contribution is 0.529. The highest BCUT2D eigenvalue weighted by atomic mass is 32.2. The number of nitrogens with zero attached hydrogens (tertiary/aromatic N) is 2. The fourth-order valence-corrected chi connectivity index (χ4v) is 5.06. The van der Waals surface area contributed by atoms with Crippen LogP contribution in [0.15, 0.2) is 42.6 Å². The van der Waals surface area contributed by atoms with E-state index in [1.807, 2.05) is 37.3 Å². The first-order valence-electron chi connectivity index (χ1n) is 7.27. The Balaban J connectivity index is 1.95. The average molecular weight is 379 g/mol. The highest BCUT2D eigenvalue weighted by molar-refractivity contribution is 8.24. The summed E-state index contributed by atoms with van der Waals surface area (Å²) < 4.78 is 1.08. The number of thiocarbonyl (C=S) groups is 2. The molecule has 1 fully saturated rings. The second-order valence-electron chi connectivity index (χ2n) is 5.43. The maximum absolute atomic E-state index is 9.61. The number of rotatable bonds is 6. The second kappa shape index (κ2) is 8.29. The van der Waals surface area contributed by atoms with E-state index in [4.69, 9.17) is 24.4 Å². The first-order valence-corrected chi connectivity index (χ1v) is 9.89. The minimum atomic E-state index is -0.565. The third kappa shape index (κ3) is 5.05. The zero-order valence-electron chi connectivity index (χ0n) is 12.9. The zero-order chi connectivity index (χ0) is 16.9. The lowest BCUT2D eigenvalue weighted by Gasteiger charge is -2.25. The van der Waals surface area contributed by atoms with Crippen molar-refractivity contribution in [3.05, 3.63) is 48.2 Å². The maximum atomic E-state index is 9.61. The van der Waals surface area contributed by atoms with Crippen LogP contribution >= 0.6 is 48.0 Å². The number of benzene rings is 1. The van der Waals surface area contributed by atoms with E-state index in [1.165, 1.54) is 11.8 Å². The van der Waals surface area contributed by atoms with Gasteiger partial charge in [0.15, 0.2) is 0 Å². The highest BCUT2D eigenvalue weighted by Crippen LogP contribution is 2.35. The molecule has 1 heterocycles. The first kappa shape index (κ1) is 18.5. The van der Waals surface area contributed by atoms with Crippen LogP contribution in [0.25, 0.3) is 0 Å². The van der Waals surface area contributed by atoms with Crippen LogP contribution in [0.4, 0.5) is 0 Å². The molecule has 1 aliphatic rings. The molecule has 2 nitrogen and oxygen atoms in total. The summed E-state index contributed by atoms with van der Waals surface area (Å²) in [6, 6.07) is 12.2. The van der Waals surface area contributed by atoms with E-state index in [0.717, 1.165) is 38.5 Å². The number of hydrogen-bond acceptors (Lipinski definition) is 5. The summed E-state index contributed by atoms with van der Waals surface area (Å²) >= 11 is 14.0. The van der Waals surface area contributed by atoms with Gasteiger partial charge in [-0.2, -0.15) is 5.26 Å². The normalized spacial score (nSPS) is 16.7. The van der Waals surface area contributed by atoms with Gasteiger partial charge in [-0.05, 0) is 25.3 Å². The van der Waals surface area contributed by atoms with Crippen molar-refractivity contribution in [1.82, 2.24) is 4.90 Å². The second-order valence-corrected chi connectivity index (χ2v) is 9.34. The van der Waals surface area contributed by atoms with Gasteiger partial charge in [-0.25, -0.2) is 0 Å². The number of hydrogen-bond donors (Lipinski definition) is 0. The molecule has 0 spiro atoms. The molecule has 1 unspecified atom stereocenters. The summed E-state index contributed by atoms with van der Waals surface area (Å²) in [5.74, 6) is 1.01. The molecular weight excluding hydrogens is 360 g/mol. The van der Waals surface area contributed by atoms with Gasteiger partial charge >= 0.3 is 0 Å². The molecule has 6 heteroatoms. The molecule has 1 saturated heterocycles. The van der Waals surface area contributed by atoms with Gasteiger partial charge in [-0.3, -0.25) is 0 Å². The van der Waals surface area contributed by atoms with Gasteiger partial charge in [-0.1, -0.05) is 84.9 Å². The Bertz CT molecular complexity index is 650. The van der Waals surface area contributed by atoms with Crippen molar-refractivity contribution in [3.8, 4) is 6.07 Å². The van der Waals surface area contributed by atoms with E-state index in [9.17, 15) is 5.26 Å². The Morgan fingerprint density at radius 1 is 1.48 bits per heavy atom. The molecule has 0 N–H and O–H groups in total. The molecule has 1 aliphatic heterocycles. The molecule has 1 aromatic rings. The van der Waals surface area contributed by atoms with Gasteiger partial charge in [0, 0.05) is 18.0 Å². The predicted molar refractivity (Wildman–Crippen MR) is 110 cm³/mol. The van der Waals surface area contributed by atoms with Crippen molar-refractivity contribution in [2.75, 3.05) is 12.3 Å². The molecule has 0 amide bonds. The quantitative estimate of drug-likeness (QED) is 0.646. The Morgan fingerprint density at radius 3 is 2.74 bits per heavy atom. The molecule has 1 atom stereocenters. The van der Waals surface area contributed by atoms with E-state index in [1.54, 1.807) is 11.8 Å². The topological polar surface area (TPSA) is 27.0 Å². The summed E-state index contributed by atoms with van der Waals surface area (Å²) in [6.07, 6.45) is 1.44. The van der Waals surface area contributed by atoms with Crippen molar-refractivity contribution in [2.45, 2.75) is 24.5 Å². The molecule has 0 saturated carbocycles.